The number of likely N-dealkylation sites (N-methyl/N-ethyl adjacent to an activating group) is 1. The lowest BCUT2D eigenvalue weighted by Crippen LogP contribution is -2.18. The minimum Gasteiger partial charge on any atom is -0.313 e. The van der Waals surface area contributed by atoms with Crippen LogP contribution in [-0.4, -0.2) is 7.05 Å². The Morgan fingerprint density at radius 3 is 2.82 bits per heavy atom. The first-order chi connectivity index (χ1) is 8.20. The smallest absolute Gasteiger partial charge is 0.137 e. The molecule has 1 aromatic heterocycles. The number of rotatable bonds is 4. The van der Waals surface area contributed by atoms with Crippen molar-refractivity contribution in [3.63, 3.8) is 0 Å². The Morgan fingerprint density at radius 1 is 1.41 bits per heavy atom. The maximum Gasteiger partial charge on any atom is 0.137 e. The van der Waals surface area contributed by atoms with Crippen LogP contribution in [0.2, 0.25) is 0 Å². The van der Waals surface area contributed by atoms with Gasteiger partial charge in [-0.3, -0.25) is 0 Å². The van der Waals surface area contributed by atoms with Crippen LogP contribution in [0.15, 0.2) is 39.5 Å². The van der Waals surface area contributed by atoms with Crippen molar-refractivity contribution in [1.82, 2.24) is 5.32 Å². The number of benzene rings is 1. The van der Waals surface area contributed by atoms with E-state index in [4.69, 9.17) is 0 Å². The van der Waals surface area contributed by atoms with Gasteiger partial charge in [0.05, 0.1) is 4.47 Å². The molecule has 0 aliphatic carbocycles. The number of hydrogen-bond donors (Lipinski definition) is 1. The first kappa shape index (κ1) is 12.7. The number of hydrogen-bond acceptors (Lipinski definition) is 2. The SMILES string of the molecule is CNC(Cc1ccsc1)c1ccc(F)c(Br)c1. The average Bonchev–Trinajstić information content (AvgIpc) is 2.82. The fraction of sp³-hybridized carbons (Fsp3) is 0.231. The van der Waals surface area contributed by atoms with Crippen molar-refractivity contribution in [2.75, 3.05) is 7.05 Å². The van der Waals surface area contributed by atoms with E-state index < -0.39 is 0 Å². The van der Waals surface area contributed by atoms with Gasteiger partial charge in [0, 0.05) is 6.04 Å². The summed E-state index contributed by atoms with van der Waals surface area (Å²) in [4.78, 5) is 0. The zero-order valence-corrected chi connectivity index (χ0v) is 11.8. The molecule has 0 saturated carbocycles. The van der Waals surface area contributed by atoms with Crippen molar-refractivity contribution in [3.8, 4) is 0 Å². The van der Waals surface area contributed by atoms with E-state index in [0.29, 0.717) is 4.47 Å². The van der Waals surface area contributed by atoms with Crippen LogP contribution in [0.5, 0.6) is 0 Å². The quantitative estimate of drug-likeness (QED) is 0.894. The summed E-state index contributed by atoms with van der Waals surface area (Å²) in [5, 5.41) is 7.48. The monoisotopic (exact) mass is 313 g/mol. The Labute approximate surface area is 113 Å². The maximum atomic E-state index is 13.2. The van der Waals surface area contributed by atoms with E-state index in [1.165, 1.54) is 11.6 Å². The molecule has 1 atom stereocenters. The summed E-state index contributed by atoms with van der Waals surface area (Å²) in [5.41, 5.74) is 2.39. The molecular formula is C13H13BrFNS. The standard InChI is InChI=1S/C13H13BrFNS/c1-16-13(6-9-4-5-17-8-9)10-2-3-12(15)11(14)7-10/h2-5,7-8,13,16H,6H2,1H3. The average molecular weight is 314 g/mol. The van der Waals surface area contributed by atoms with Gasteiger partial charge in [0.2, 0.25) is 0 Å². The van der Waals surface area contributed by atoms with E-state index in [0.717, 1.165) is 12.0 Å². The zero-order chi connectivity index (χ0) is 12.3. The van der Waals surface area contributed by atoms with Gasteiger partial charge in [-0.25, -0.2) is 4.39 Å². The van der Waals surface area contributed by atoms with E-state index in [1.807, 2.05) is 19.2 Å². The molecule has 4 heteroatoms. The molecule has 1 N–H and O–H groups in total. The van der Waals surface area contributed by atoms with Crippen molar-refractivity contribution in [2.24, 2.45) is 0 Å². The second kappa shape index (κ2) is 5.76. The molecule has 1 unspecified atom stereocenters. The molecule has 2 aromatic rings. The minimum atomic E-state index is -0.223. The topological polar surface area (TPSA) is 12.0 Å². The molecule has 0 amide bonds. The predicted octanol–water partition coefficient (Wildman–Crippen LogP) is 4.15. The number of thiophene rings is 1. The molecule has 0 aliphatic rings. The summed E-state index contributed by atoms with van der Waals surface area (Å²) in [6.07, 6.45) is 0.915. The van der Waals surface area contributed by atoms with Crippen molar-refractivity contribution in [2.45, 2.75) is 12.5 Å². The van der Waals surface area contributed by atoms with Crippen LogP contribution in [0, 0.1) is 5.82 Å². The van der Waals surface area contributed by atoms with Gasteiger partial charge in [-0.15, -0.1) is 0 Å². The highest BCUT2D eigenvalue weighted by molar-refractivity contribution is 9.10. The Kier molecular flexibility index (Phi) is 4.31. The van der Waals surface area contributed by atoms with E-state index >= 15 is 0 Å². The first-order valence-corrected chi connectivity index (χ1v) is 7.07. The minimum absolute atomic E-state index is 0.210. The summed E-state index contributed by atoms with van der Waals surface area (Å²) in [7, 11) is 1.92. The van der Waals surface area contributed by atoms with E-state index in [2.05, 4.69) is 38.1 Å². The predicted molar refractivity (Wildman–Crippen MR) is 73.9 cm³/mol. The van der Waals surface area contributed by atoms with Crippen LogP contribution in [0.3, 0.4) is 0 Å². The van der Waals surface area contributed by atoms with Gasteiger partial charge in [0.15, 0.2) is 0 Å². The molecule has 1 heterocycles. The second-order valence-electron chi connectivity index (χ2n) is 3.85. The summed E-state index contributed by atoms with van der Waals surface area (Å²) in [6.45, 7) is 0. The normalized spacial score (nSPS) is 12.6. The first-order valence-electron chi connectivity index (χ1n) is 5.34. The Bertz CT molecular complexity index is 484. The lowest BCUT2D eigenvalue weighted by atomic mass is 10.0. The van der Waals surface area contributed by atoms with Gasteiger partial charge in [-0.1, -0.05) is 6.07 Å². The highest BCUT2D eigenvalue weighted by Crippen LogP contribution is 2.24. The maximum absolute atomic E-state index is 13.2. The Morgan fingerprint density at radius 2 is 2.24 bits per heavy atom. The molecular weight excluding hydrogens is 301 g/mol. The van der Waals surface area contributed by atoms with Crippen molar-refractivity contribution in [3.05, 3.63) is 56.4 Å². The van der Waals surface area contributed by atoms with E-state index in [9.17, 15) is 4.39 Å². The van der Waals surface area contributed by atoms with Gasteiger partial charge in [0.1, 0.15) is 5.82 Å². The van der Waals surface area contributed by atoms with Gasteiger partial charge in [-0.2, -0.15) is 11.3 Å². The zero-order valence-electron chi connectivity index (χ0n) is 9.41. The van der Waals surface area contributed by atoms with Gasteiger partial charge >= 0.3 is 0 Å². The third-order valence-corrected chi connectivity index (χ3v) is 4.05. The van der Waals surface area contributed by atoms with Crippen LogP contribution in [0.4, 0.5) is 4.39 Å². The summed E-state index contributed by atoms with van der Waals surface area (Å²) in [5.74, 6) is -0.223. The third kappa shape index (κ3) is 3.15. The molecule has 17 heavy (non-hydrogen) atoms. The highest BCUT2D eigenvalue weighted by Gasteiger charge is 2.12. The molecule has 0 saturated heterocycles. The molecule has 1 aromatic carbocycles. The van der Waals surface area contributed by atoms with Gasteiger partial charge in [-0.05, 0) is 69.5 Å². The summed E-state index contributed by atoms with van der Waals surface area (Å²) < 4.78 is 13.7. The number of halogens is 2. The molecule has 0 radical (unpaired) electrons. The third-order valence-electron chi connectivity index (χ3n) is 2.71. The van der Waals surface area contributed by atoms with Crippen LogP contribution in [0.1, 0.15) is 17.2 Å². The molecule has 0 bridgehead atoms. The van der Waals surface area contributed by atoms with Gasteiger partial charge in [0.25, 0.3) is 0 Å². The molecule has 0 spiro atoms. The Hall–Kier alpha value is -0.710. The highest BCUT2D eigenvalue weighted by atomic mass is 79.9. The summed E-state index contributed by atoms with van der Waals surface area (Å²) in [6, 6.07) is 7.49. The molecule has 90 valence electrons. The van der Waals surface area contributed by atoms with Crippen LogP contribution in [0.25, 0.3) is 0 Å². The van der Waals surface area contributed by atoms with Crippen LogP contribution >= 0.6 is 27.3 Å². The summed E-state index contributed by atoms with van der Waals surface area (Å²) >= 11 is 4.92. The van der Waals surface area contributed by atoms with Gasteiger partial charge < -0.3 is 5.32 Å². The Balaban J connectivity index is 2.20. The fourth-order valence-electron chi connectivity index (χ4n) is 1.76. The molecule has 1 nitrogen and oxygen atoms in total. The van der Waals surface area contributed by atoms with Crippen molar-refractivity contribution in [1.29, 1.82) is 0 Å². The van der Waals surface area contributed by atoms with Crippen molar-refractivity contribution >= 4 is 27.3 Å². The number of nitrogens with one attached hydrogen (secondary N) is 1. The van der Waals surface area contributed by atoms with E-state index in [1.54, 1.807) is 11.3 Å². The van der Waals surface area contributed by atoms with Crippen LogP contribution < -0.4 is 5.32 Å². The second-order valence-corrected chi connectivity index (χ2v) is 5.48. The van der Waals surface area contributed by atoms with Crippen molar-refractivity contribution < 1.29 is 4.39 Å². The largest absolute Gasteiger partial charge is 0.313 e. The fourth-order valence-corrected chi connectivity index (χ4v) is 2.84. The van der Waals surface area contributed by atoms with E-state index in [-0.39, 0.29) is 11.9 Å². The molecule has 0 aliphatic heterocycles. The lowest BCUT2D eigenvalue weighted by Gasteiger charge is -2.16. The molecule has 2 rings (SSSR count). The lowest BCUT2D eigenvalue weighted by molar-refractivity contribution is 0.584. The van der Waals surface area contributed by atoms with Crippen LogP contribution in [-0.2, 0) is 6.42 Å². The molecule has 0 fully saturated rings.